The Morgan fingerprint density at radius 2 is 2.14 bits per heavy atom. The van der Waals surface area contributed by atoms with Crippen LogP contribution in [0.3, 0.4) is 0 Å². The third-order valence-electron chi connectivity index (χ3n) is 2.01. The van der Waals surface area contributed by atoms with Gasteiger partial charge in [-0.3, -0.25) is 0 Å². The second kappa shape index (κ2) is 5.37. The van der Waals surface area contributed by atoms with E-state index in [1.165, 1.54) is 11.1 Å². The van der Waals surface area contributed by atoms with E-state index in [1.54, 1.807) is 7.11 Å². The smallest absolute Gasteiger partial charge is 0.188 e. The summed E-state index contributed by atoms with van der Waals surface area (Å²) in [5.74, 6) is 0.848. The molecular formula is C11H15BrO2. The van der Waals surface area contributed by atoms with Crippen molar-refractivity contribution in [2.24, 2.45) is 0 Å². The minimum absolute atomic E-state index is 0.294. The van der Waals surface area contributed by atoms with Crippen molar-refractivity contribution in [3.63, 3.8) is 0 Å². The molecule has 3 heteroatoms. The highest BCUT2D eigenvalue weighted by Crippen LogP contribution is 2.27. The van der Waals surface area contributed by atoms with Gasteiger partial charge in [0.15, 0.2) is 6.79 Å². The summed E-state index contributed by atoms with van der Waals surface area (Å²) in [5, 5.41) is 0. The zero-order valence-corrected chi connectivity index (χ0v) is 10.3. The Bertz CT molecular complexity index is 297. The van der Waals surface area contributed by atoms with Gasteiger partial charge in [0, 0.05) is 11.9 Å². The highest BCUT2D eigenvalue weighted by atomic mass is 79.9. The first-order valence-electron chi connectivity index (χ1n) is 4.51. The van der Waals surface area contributed by atoms with Crippen molar-refractivity contribution in [1.82, 2.24) is 0 Å². The topological polar surface area (TPSA) is 18.5 Å². The maximum absolute atomic E-state index is 5.33. The molecule has 78 valence electrons. The first-order chi connectivity index (χ1) is 6.65. The number of hydrogen-bond acceptors (Lipinski definition) is 2. The molecule has 14 heavy (non-hydrogen) atoms. The van der Waals surface area contributed by atoms with Gasteiger partial charge in [-0.05, 0) is 37.1 Å². The van der Waals surface area contributed by atoms with Gasteiger partial charge < -0.3 is 9.47 Å². The second-order valence-corrected chi connectivity index (χ2v) is 4.56. The fourth-order valence-corrected chi connectivity index (χ4v) is 1.82. The Morgan fingerprint density at radius 3 is 2.64 bits per heavy atom. The average molecular weight is 259 g/mol. The molecule has 1 rings (SSSR count). The Morgan fingerprint density at radius 1 is 1.43 bits per heavy atom. The SMILES string of the molecule is COCOc1ccc(C(C)Br)c(C)c1. The van der Waals surface area contributed by atoms with Gasteiger partial charge in [0.1, 0.15) is 5.75 Å². The number of methoxy groups -OCH3 is 1. The molecule has 0 bridgehead atoms. The lowest BCUT2D eigenvalue weighted by molar-refractivity contribution is 0.0511. The van der Waals surface area contributed by atoms with E-state index in [1.807, 2.05) is 12.1 Å². The first-order valence-corrected chi connectivity index (χ1v) is 5.43. The molecular weight excluding hydrogens is 244 g/mol. The largest absolute Gasteiger partial charge is 0.468 e. The number of aryl methyl sites for hydroxylation is 1. The molecule has 0 aliphatic carbocycles. The van der Waals surface area contributed by atoms with Crippen molar-refractivity contribution in [2.45, 2.75) is 18.7 Å². The van der Waals surface area contributed by atoms with Gasteiger partial charge in [-0.15, -0.1) is 0 Å². The highest BCUT2D eigenvalue weighted by Gasteiger charge is 2.05. The number of alkyl halides is 1. The Kier molecular flexibility index (Phi) is 4.42. The van der Waals surface area contributed by atoms with Crippen LogP contribution in [-0.2, 0) is 4.74 Å². The maximum Gasteiger partial charge on any atom is 0.188 e. The molecule has 0 heterocycles. The van der Waals surface area contributed by atoms with Crippen LogP contribution < -0.4 is 4.74 Å². The minimum Gasteiger partial charge on any atom is -0.468 e. The van der Waals surface area contributed by atoms with Crippen LogP contribution >= 0.6 is 15.9 Å². The van der Waals surface area contributed by atoms with E-state index in [4.69, 9.17) is 9.47 Å². The van der Waals surface area contributed by atoms with Crippen molar-refractivity contribution < 1.29 is 9.47 Å². The monoisotopic (exact) mass is 258 g/mol. The molecule has 2 nitrogen and oxygen atoms in total. The summed E-state index contributed by atoms with van der Waals surface area (Å²) in [5.41, 5.74) is 2.51. The fraction of sp³-hybridized carbons (Fsp3) is 0.455. The van der Waals surface area contributed by atoms with E-state index < -0.39 is 0 Å². The van der Waals surface area contributed by atoms with Gasteiger partial charge in [-0.25, -0.2) is 0 Å². The predicted octanol–water partition coefficient (Wildman–Crippen LogP) is 3.43. The summed E-state index contributed by atoms with van der Waals surface area (Å²) in [6.45, 7) is 4.48. The van der Waals surface area contributed by atoms with Crippen LogP contribution in [0.2, 0.25) is 0 Å². The molecule has 0 amide bonds. The maximum atomic E-state index is 5.33. The van der Waals surface area contributed by atoms with Crippen molar-refractivity contribution in [3.05, 3.63) is 29.3 Å². The van der Waals surface area contributed by atoms with Gasteiger partial charge in [-0.2, -0.15) is 0 Å². The third-order valence-corrected chi connectivity index (χ3v) is 2.51. The molecule has 0 aliphatic heterocycles. The molecule has 0 saturated carbocycles. The van der Waals surface area contributed by atoms with Crippen LogP contribution in [-0.4, -0.2) is 13.9 Å². The van der Waals surface area contributed by atoms with Gasteiger partial charge in [0.2, 0.25) is 0 Å². The van der Waals surface area contributed by atoms with Crippen LogP contribution in [0.1, 0.15) is 22.9 Å². The third kappa shape index (κ3) is 3.00. The minimum atomic E-state index is 0.294. The normalized spacial score (nSPS) is 12.6. The van der Waals surface area contributed by atoms with Crippen LogP contribution in [0.25, 0.3) is 0 Å². The highest BCUT2D eigenvalue weighted by molar-refractivity contribution is 9.09. The van der Waals surface area contributed by atoms with E-state index in [0.717, 1.165) is 5.75 Å². The fourth-order valence-electron chi connectivity index (χ4n) is 1.31. The predicted molar refractivity (Wildman–Crippen MR) is 61.0 cm³/mol. The number of halogens is 1. The van der Waals surface area contributed by atoms with Crippen molar-refractivity contribution in [3.8, 4) is 5.75 Å². The molecule has 0 fully saturated rings. The van der Waals surface area contributed by atoms with Gasteiger partial charge in [0.05, 0.1) is 0 Å². The molecule has 1 aromatic rings. The quantitative estimate of drug-likeness (QED) is 0.609. The summed E-state index contributed by atoms with van der Waals surface area (Å²) < 4.78 is 10.2. The van der Waals surface area contributed by atoms with E-state index in [-0.39, 0.29) is 0 Å². The molecule has 0 radical (unpaired) electrons. The lowest BCUT2D eigenvalue weighted by Crippen LogP contribution is -1.99. The van der Waals surface area contributed by atoms with Crippen molar-refractivity contribution in [1.29, 1.82) is 0 Å². The number of hydrogen-bond donors (Lipinski definition) is 0. The van der Waals surface area contributed by atoms with Crippen LogP contribution in [0.15, 0.2) is 18.2 Å². The first kappa shape index (κ1) is 11.5. The molecule has 0 saturated heterocycles. The van der Waals surface area contributed by atoms with E-state index in [2.05, 4.69) is 35.8 Å². The van der Waals surface area contributed by atoms with E-state index in [9.17, 15) is 0 Å². The Hall–Kier alpha value is -0.540. The van der Waals surface area contributed by atoms with Crippen molar-refractivity contribution >= 4 is 15.9 Å². The number of benzene rings is 1. The summed E-state index contributed by atoms with van der Waals surface area (Å²) in [6, 6.07) is 6.05. The van der Waals surface area contributed by atoms with Gasteiger partial charge >= 0.3 is 0 Å². The molecule has 0 spiro atoms. The Balaban J connectivity index is 2.78. The molecule has 0 N–H and O–H groups in total. The number of rotatable bonds is 4. The standard InChI is InChI=1S/C11H15BrO2/c1-8-6-10(14-7-13-3)4-5-11(8)9(2)12/h4-6,9H,7H2,1-3H3. The zero-order chi connectivity index (χ0) is 10.6. The zero-order valence-electron chi connectivity index (χ0n) is 8.71. The summed E-state index contributed by atoms with van der Waals surface area (Å²) in [6.07, 6.45) is 0. The summed E-state index contributed by atoms with van der Waals surface area (Å²) in [7, 11) is 1.61. The molecule has 1 unspecified atom stereocenters. The summed E-state index contributed by atoms with van der Waals surface area (Å²) >= 11 is 3.55. The molecule has 0 aliphatic rings. The van der Waals surface area contributed by atoms with Crippen molar-refractivity contribution in [2.75, 3.05) is 13.9 Å². The van der Waals surface area contributed by atoms with E-state index in [0.29, 0.717) is 11.6 Å². The van der Waals surface area contributed by atoms with Crippen LogP contribution in [0, 0.1) is 6.92 Å². The van der Waals surface area contributed by atoms with E-state index >= 15 is 0 Å². The Labute approximate surface area is 93.4 Å². The van der Waals surface area contributed by atoms with Crippen LogP contribution in [0.4, 0.5) is 0 Å². The van der Waals surface area contributed by atoms with Crippen LogP contribution in [0.5, 0.6) is 5.75 Å². The molecule has 1 atom stereocenters. The molecule has 0 aromatic heterocycles. The van der Waals surface area contributed by atoms with Gasteiger partial charge in [0.25, 0.3) is 0 Å². The summed E-state index contributed by atoms with van der Waals surface area (Å²) in [4.78, 5) is 0.374. The number of ether oxygens (including phenoxy) is 2. The lowest BCUT2D eigenvalue weighted by Gasteiger charge is -2.10. The lowest BCUT2D eigenvalue weighted by atomic mass is 10.1. The second-order valence-electron chi connectivity index (χ2n) is 3.19. The van der Waals surface area contributed by atoms with Gasteiger partial charge in [-0.1, -0.05) is 22.0 Å². The molecule has 1 aromatic carbocycles. The average Bonchev–Trinajstić information content (AvgIpc) is 2.14.